The fourth-order valence-corrected chi connectivity index (χ4v) is 5.55. The van der Waals surface area contributed by atoms with E-state index in [1.807, 2.05) is 43.6 Å². The van der Waals surface area contributed by atoms with Crippen LogP contribution in [0.25, 0.3) is 22.1 Å². The third-order valence-corrected chi connectivity index (χ3v) is 7.27. The number of furan rings is 1. The van der Waals surface area contributed by atoms with Gasteiger partial charge in [0.05, 0.1) is 12.7 Å². The lowest BCUT2D eigenvalue weighted by atomic mass is 9.88. The summed E-state index contributed by atoms with van der Waals surface area (Å²) < 4.78 is 5.78. The van der Waals surface area contributed by atoms with Gasteiger partial charge >= 0.3 is 0 Å². The molecule has 0 N–H and O–H groups in total. The Morgan fingerprint density at radius 2 is 1.81 bits per heavy atom. The number of nitrogens with zero attached hydrogens (tertiary/aromatic N) is 2. The molecule has 3 aromatic rings. The van der Waals surface area contributed by atoms with Gasteiger partial charge in [-0.1, -0.05) is 49.2 Å². The van der Waals surface area contributed by atoms with E-state index >= 15 is 0 Å². The minimum absolute atomic E-state index is 0.222. The number of hydrogen-bond acceptors (Lipinski definition) is 3. The highest BCUT2D eigenvalue weighted by molar-refractivity contribution is 5.95. The smallest absolute Gasteiger partial charge is 0.227 e. The van der Waals surface area contributed by atoms with Crippen molar-refractivity contribution in [2.24, 2.45) is 0 Å². The minimum Gasteiger partial charge on any atom is -0.464 e. The van der Waals surface area contributed by atoms with Gasteiger partial charge in [-0.15, -0.1) is 0 Å². The third kappa shape index (κ3) is 4.14. The van der Waals surface area contributed by atoms with Crippen molar-refractivity contribution >= 4 is 16.9 Å². The summed E-state index contributed by atoms with van der Waals surface area (Å²) in [7, 11) is 2.02. The highest BCUT2D eigenvalue weighted by Gasteiger charge is 2.35. The van der Waals surface area contributed by atoms with Crippen molar-refractivity contribution in [3.8, 4) is 11.1 Å². The molecule has 1 aromatic heterocycles. The Labute approximate surface area is 184 Å². The average molecular weight is 417 g/mol. The van der Waals surface area contributed by atoms with E-state index in [0.29, 0.717) is 18.5 Å². The van der Waals surface area contributed by atoms with Gasteiger partial charge in [0, 0.05) is 30.1 Å². The van der Waals surface area contributed by atoms with Crippen LogP contribution in [0, 0.1) is 0 Å². The Bertz CT molecular complexity index is 1040. The molecule has 162 valence electrons. The van der Waals surface area contributed by atoms with E-state index in [0.717, 1.165) is 34.1 Å². The molecule has 2 fully saturated rings. The van der Waals surface area contributed by atoms with Crippen LogP contribution in [0.4, 0.5) is 0 Å². The summed E-state index contributed by atoms with van der Waals surface area (Å²) in [5.41, 5.74) is 4.14. The van der Waals surface area contributed by atoms with Crippen LogP contribution < -0.4 is 0 Å². The van der Waals surface area contributed by atoms with Crippen LogP contribution in [0.1, 0.15) is 44.1 Å². The van der Waals surface area contributed by atoms with Gasteiger partial charge in [0.1, 0.15) is 5.58 Å². The first-order valence-electron chi connectivity index (χ1n) is 11.8. The molecule has 1 amide bonds. The van der Waals surface area contributed by atoms with Gasteiger partial charge in [-0.05, 0) is 62.0 Å². The monoisotopic (exact) mass is 416 g/mol. The second-order valence-corrected chi connectivity index (χ2v) is 9.19. The Hall–Kier alpha value is -2.59. The number of hydrogen-bond donors (Lipinski definition) is 0. The van der Waals surface area contributed by atoms with Crippen LogP contribution in [-0.4, -0.2) is 47.9 Å². The molecule has 0 bridgehead atoms. The molecule has 2 unspecified atom stereocenters. The zero-order chi connectivity index (χ0) is 21.2. The number of benzene rings is 2. The van der Waals surface area contributed by atoms with Gasteiger partial charge in [-0.2, -0.15) is 0 Å². The second-order valence-electron chi connectivity index (χ2n) is 9.19. The van der Waals surface area contributed by atoms with Crippen molar-refractivity contribution in [2.45, 2.75) is 57.0 Å². The van der Waals surface area contributed by atoms with E-state index < -0.39 is 0 Å². The van der Waals surface area contributed by atoms with Crippen molar-refractivity contribution < 1.29 is 9.21 Å². The molecule has 5 rings (SSSR count). The van der Waals surface area contributed by atoms with Crippen LogP contribution in [0.15, 0.2) is 59.2 Å². The number of carbonyl (C=O) groups is 1. The van der Waals surface area contributed by atoms with Gasteiger partial charge in [0.15, 0.2) is 0 Å². The highest BCUT2D eigenvalue weighted by atomic mass is 16.3. The SMILES string of the molecule is CN(C(=O)Cc1ccc2occ(-c3ccccc3)c2c1)C1CCCCC1N1CCCC1. The molecule has 2 heterocycles. The summed E-state index contributed by atoms with van der Waals surface area (Å²) >= 11 is 0. The van der Waals surface area contributed by atoms with E-state index in [9.17, 15) is 4.79 Å². The van der Waals surface area contributed by atoms with Crippen LogP contribution >= 0.6 is 0 Å². The van der Waals surface area contributed by atoms with Gasteiger partial charge in [-0.25, -0.2) is 0 Å². The molecule has 2 atom stereocenters. The van der Waals surface area contributed by atoms with Gasteiger partial charge in [-0.3, -0.25) is 9.69 Å². The molecular weight excluding hydrogens is 384 g/mol. The summed E-state index contributed by atoms with van der Waals surface area (Å²) in [5.74, 6) is 0.222. The van der Waals surface area contributed by atoms with Gasteiger partial charge in [0.25, 0.3) is 0 Å². The predicted molar refractivity (Wildman–Crippen MR) is 125 cm³/mol. The summed E-state index contributed by atoms with van der Waals surface area (Å²) in [6.07, 6.45) is 9.74. The first-order chi connectivity index (χ1) is 15.2. The summed E-state index contributed by atoms with van der Waals surface area (Å²) in [6.45, 7) is 2.39. The average Bonchev–Trinajstić information content (AvgIpc) is 3.49. The fraction of sp³-hybridized carbons (Fsp3) is 0.444. The number of amides is 1. The summed E-state index contributed by atoms with van der Waals surface area (Å²) in [4.78, 5) is 18.0. The molecule has 4 nitrogen and oxygen atoms in total. The zero-order valence-electron chi connectivity index (χ0n) is 18.4. The zero-order valence-corrected chi connectivity index (χ0v) is 18.4. The van der Waals surface area contributed by atoms with E-state index in [2.05, 4.69) is 28.0 Å². The normalized spacial score (nSPS) is 22.1. The molecular formula is C27H32N2O2. The first kappa shape index (κ1) is 20.3. The topological polar surface area (TPSA) is 36.7 Å². The highest BCUT2D eigenvalue weighted by Crippen LogP contribution is 2.32. The second kappa shape index (κ2) is 8.88. The molecule has 0 spiro atoms. The first-order valence-corrected chi connectivity index (χ1v) is 11.8. The Morgan fingerprint density at radius 1 is 1.03 bits per heavy atom. The van der Waals surface area contributed by atoms with E-state index in [4.69, 9.17) is 4.42 Å². The summed E-state index contributed by atoms with van der Waals surface area (Å²) in [6, 6.07) is 17.3. The number of rotatable bonds is 5. The van der Waals surface area contributed by atoms with Crippen molar-refractivity contribution in [1.82, 2.24) is 9.80 Å². The third-order valence-electron chi connectivity index (χ3n) is 7.27. The van der Waals surface area contributed by atoms with Crippen LogP contribution in [0.3, 0.4) is 0 Å². The van der Waals surface area contributed by atoms with Gasteiger partial charge < -0.3 is 9.32 Å². The Morgan fingerprint density at radius 3 is 2.61 bits per heavy atom. The fourth-order valence-electron chi connectivity index (χ4n) is 5.55. The number of likely N-dealkylation sites (tertiary alicyclic amines) is 1. The van der Waals surface area contributed by atoms with E-state index in [1.54, 1.807) is 0 Å². The molecule has 2 aliphatic rings. The van der Waals surface area contributed by atoms with Crippen LogP contribution in [0.2, 0.25) is 0 Å². The van der Waals surface area contributed by atoms with Crippen molar-refractivity contribution in [1.29, 1.82) is 0 Å². The Balaban J connectivity index is 1.34. The molecule has 1 aliphatic heterocycles. The maximum atomic E-state index is 13.3. The van der Waals surface area contributed by atoms with Gasteiger partial charge in [0.2, 0.25) is 5.91 Å². The van der Waals surface area contributed by atoms with Crippen molar-refractivity contribution in [3.63, 3.8) is 0 Å². The molecule has 31 heavy (non-hydrogen) atoms. The lowest BCUT2D eigenvalue weighted by Crippen LogP contribution is -2.53. The maximum Gasteiger partial charge on any atom is 0.227 e. The van der Waals surface area contributed by atoms with E-state index in [1.165, 1.54) is 45.2 Å². The quantitative estimate of drug-likeness (QED) is 0.550. The molecule has 1 saturated carbocycles. The summed E-state index contributed by atoms with van der Waals surface area (Å²) in [5, 5.41) is 1.08. The standard InChI is InChI=1S/C27H32N2O2/c1-28(24-11-5-6-12-25(24)29-15-7-8-16-29)27(30)18-20-13-14-26-22(17-20)23(19-31-26)21-9-3-2-4-10-21/h2-4,9-10,13-14,17,19,24-25H,5-8,11-12,15-16,18H2,1H3. The Kier molecular flexibility index (Phi) is 5.82. The molecule has 0 radical (unpaired) electrons. The number of carbonyl (C=O) groups excluding carboxylic acids is 1. The van der Waals surface area contributed by atoms with E-state index in [-0.39, 0.29) is 5.91 Å². The number of likely N-dealkylation sites (N-methyl/N-ethyl adjacent to an activating group) is 1. The van der Waals surface area contributed by atoms with Crippen molar-refractivity contribution in [2.75, 3.05) is 20.1 Å². The lowest BCUT2D eigenvalue weighted by Gasteiger charge is -2.42. The molecule has 1 aliphatic carbocycles. The number of fused-ring (bicyclic) bond motifs is 1. The lowest BCUT2D eigenvalue weighted by molar-refractivity contribution is -0.133. The minimum atomic E-state index is 0.222. The largest absolute Gasteiger partial charge is 0.464 e. The van der Waals surface area contributed by atoms with Crippen molar-refractivity contribution in [3.05, 3.63) is 60.4 Å². The molecule has 1 saturated heterocycles. The van der Waals surface area contributed by atoms with Crippen LogP contribution in [-0.2, 0) is 11.2 Å². The maximum absolute atomic E-state index is 13.3. The van der Waals surface area contributed by atoms with Crippen LogP contribution in [0.5, 0.6) is 0 Å². The molecule has 4 heteroatoms. The molecule has 2 aromatic carbocycles. The predicted octanol–water partition coefficient (Wildman–Crippen LogP) is 5.51.